The number of hydrogen-bond acceptors (Lipinski definition) is 3. The van der Waals surface area contributed by atoms with Crippen LogP contribution < -0.4 is 15.6 Å². The second-order valence-electron chi connectivity index (χ2n) is 5.08. The van der Waals surface area contributed by atoms with Gasteiger partial charge in [0.15, 0.2) is 0 Å². The Kier molecular flexibility index (Phi) is 5.26. The van der Waals surface area contributed by atoms with Crippen molar-refractivity contribution in [3.63, 3.8) is 0 Å². The number of aryl methyl sites for hydroxylation is 2. The van der Waals surface area contributed by atoms with Crippen molar-refractivity contribution in [1.82, 2.24) is 0 Å². The lowest BCUT2D eigenvalue weighted by Crippen LogP contribution is -2.26. The maximum atomic E-state index is 6.04. The predicted molar refractivity (Wildman–Crippen MR) is 91.6 cm³/mol. The summed E-state index contributed by atoms with van der Waals surface area (Å²) >= 11 is 3.50. The highest BCUT2D eigenvalue weighted by molar-refractivity contribution is 9.10. The number of rotatable bonds is 5. The van der Waals surface area contributed by atoms with Crippen molar-refractivity contribution in [2.75, 3.05) is 12.1 Å². The molecule has 4 heteroatoms. The summed E-state index contributed by atoms with van der Waals surface area (Å²) in [7, 11) is 1.84. The predicted octanol–water partition coefficient (Wildman–Crippen LogP) is 4.21. The minimum absolute atomic E-state index is 0.512. The van der Waals surface area contributed by atoms with Crippen LogP contribution in [0.3, 0.4) is 0 Å². The Balaban J connectivity index is 2.25. The number of nitrogens with two attached hydrogens (primary N) is 1. The first-order valence-corrected chi connectivity index (χ1v) is 7.80. The molecular weight excluding hydrogens is 328 g/mol. The highest BCUT2D eigenvalue weighted by Crippen LogP contribution is 2.27. The molecule has 0 saturated heterocycles. The van der Waals surface area contributed by atoms with Crippen molar-refractivity contribution in [3.05, 3.63) is 57.6 Å². The second-order valence-corrected chi connectivity index (χ2v) is 5.99. The zero-order valence-electron chi connectivity index (χ0n) is 12.7. The van der Waals surface area contributed by atoms with Crippen LogP contribution in [0, 0.1) is 6.92 Å². The molecule has 0 atom stereocenters. The molecule has 0 unspecified atom stereocenters. The van der Waals surface area contributed by atoms with Gasteiger partial charge in [-0.05, 0) is 48.7 Å². The Morgan fingerprint density at radius 2 is 2.00 bits per heavy atom. The molecule has 0 heterocycles. The van der Waals surface area contributed by atoms with E-state index in [4.69, 9.17) is 10.6 Å². The van der Waals surface area contributed by atoms with Gasteiger partial charge in [0.25, 0.3) is 0 Å². The summed E-state index contributed by atoms with van der Waals surface area (Å²) < 4.78 is 7.11. The fourth-order valence-electron chi connectivity index (χ4n) is 2.32. The molecule has 0 aliphatic rings. The van der Waals surface area contributed by atoms with E-state index in [1.165, 1.54) is 11.1 Å². The Labute approximate surface area is 134 Å². The molecule has 0 radical (unpaired) electrons. The molecule has 2 rings (SSSR count). The summed E-state index contributed by atoms with van der Waals surface area (Å²) in [5, 5.41) is 1.63. The molecule has 2 aromatic rings. The molecule has 112 valence electrons. The number of nitrogens with zero attached hydrogens (tertiary/aromatic N) is 1. The van der Waals surface area contributed by atoms with Crippen molar-refractivity contribution >= 4 is 21.6 Å². The molecule has 3 nitrogen and oxygen atoms in total. The number of hydrogen-bond donors (Lipinski definition) is 1. The Bertz CT molecular complexity index is 626. The van der Waals surface area contributed by atoms with E-state index in [2.05, 4.69) is 41.9 Å². The Morgan fingerprint density at radius 1 is 1.24 bits per heavy atom. The SMILES string of the molecule is CCc1cc(Br)ccc1OCc1c(C)cccc1N(C)N. The molecule has 0 aliphatic carbocycles. The van der Waals surface area contributed by atoms with Crippen LogP contribution in [0.15, 0.2) is 40.9 Å². The summed E-state index contributed by atoms with van der Waals surface area (Å²) in [6.45, 7) is 4.72. The van der Waals surface area contributed by atoms with E-state index >= 15 is 0 Å². The number of benzene rings is 2. The van der Waals surface area contributed by atoms with Crippen LogP contribution in [0.5, 0.6) is 5.75 Å². The number of halogens is 1. The summed E-state index contributed by atoms with van der Waals surface area (Å²) in [5.74, 6) is 6.83. The van der Waals surface area contributed by atoms with Gasteiger partial charge in [0, 0.05) is 17.1 Å². The lowest BCUT2D eigenvalue weighted by molar-refractivity contribution is 0.302. The van der Waals surface area contributed by atoms with Crippen LogP contribution in [0.2, 0.25) is 0 Å². The van der Waals surface area contributed by atoms with Crippen LogP contribution in [0.4, 0.5) is 5.69 Å². The molecule has 21 heavy (non-hydrogen) atoms. The standard InChI is InChI=1S/C17H21BrN2O/c1-4-13-10-14(18)8-9-17(13)21-11-15-12(2)6-5-7-16(15)20(3)19/h5-10H,4,11,19H2,1-3H3. The molecule has 0 bridgehead atoms. The molecule has 0 saturated carbocycles. The maximum Gasteiger partial charge on any atom is 0.123 e. The third-order valence-corrected chi connectivity index (χ3v) is 4.03. The lowest BCUT2D eigenvalue weighted by atomic mass is 10.1. The average Bonchev–Trinajstić information content (AvgIpc) is 2.46. The van der Waals surface area contributed by atoms with Gasteiger partial charge in [0.05, 0.1) is 5.69 Å². The summed E-state index contributed by atoms with van der Waals surface area (Å²) in [5.41, 5.74) is 4.48. The summed E-state index contributed by atoms with van der Waals surface area (Å²) in [6.07, 6.45) is 0.937. The highest BCUT2D eigenvalue weighted by Gasteiger charge is 2.10. The summed E-state index contributed by atoms with van der Waals surface area (Å²) in [4.78, 5) is 0. The second kappa shape index (κ2) is 6.96. The van der Waals surface area contributed by atoms with E-state index in [0.717, 1.165) is 27.9 Å². The van der Waals surface area contributed by atoms with Gasteiger partial charge >= 0.3 is 0 Å². The van der Waals surface area contributed by atoms with Gasteiger partial charge in [-0.3, -0.25) is 0 Å². The number of ether oxygens (including phenoxy) is 1. The van der Waals surface area contributed by atoms with Gasteiger partial charge in [-0.2, -0.15) is 0 Å². The minimum Gasteiger partial charge on any atom is -0.489 e. The Hall–Kier alpha value is -1.52. The monoisotopic (exact) mass is 348 g/mol. The van der Waals surface area contributed by atoms with Crippen molar-refractivity contribution < 1.29 is 4.74 Å². The molecule has 0 fully saturated rings. The normalized spacial score (nSPS) is 10.5. The first-order valence-electron chi connectivity index (χ1n) is 7.01. The van der Waals surface area contributed by atoms with Crippen molar-refractivity contribution in [3.8, 4) is 5.75 Å². The maximum absolute atomic E-state index is 6.04. The summed E-state index contributed by atoms with van der Waals surface area (Å²) in [6, 6.07) is 12.2. The van der Waals surface area contributed by atoms with Gasteiger partial charge in [-0.25, -0.2) is 5.84 Å². The molecule has 0 aliphatic heterocycles. The number of anilines is 1. The van der Waals surface area contributed by atoms with Gasteiger partial charge in [0.2, 0.25) is 0 Å². The van der Waals surface area contributed by atoms with Crippen LogP contribution in [-0.2, 0) is 13.0 Å². The van der Waals surface area contributed by atoms with E-state index < -0.39 is 0 Å². The van der Waals surface area contributed by atoms with Crippen LogP contribution in [0.1, 0.15) is 23.6 Å². The fraction of sp³-hybridized carbons (Fsp3) is 0.294. The van der Waals surface area contributed by atoms with Crippen LogP contribution in [-0.4, -0.2) is 7.05 Å². The van der Waals surface area contributed by atoms with Gasteiger partial charge in [-0.1, -0.05) is 35.0 Å². The quantitative estimate of drug-likeness (QED) is 0.649. The molecular formula is C17H21BrN2O. The van der Waals surface area contributed by atoms with Crippen LogP contribution in [0.25, 0.3) is 0 Å². The minimum atomic E-state index is 0.512. The van der Waals surface area contributed by atoms with E-state index in [-0.39, 0.29) is 0 Å². The lowest BCUT2D eigenvalue weighted by Gasteiger charge is -2.20. The first kappa shape index (κ1) is 15.9. The topological polar surface area (TPSA) is 38.5 Å². The van der Waals surface area contributed by atoms with Crippen LogP contribution >= 0.6 is 15.9 Å². The molecule has 0 amide bonds. The molecule has 2 N–H and O–H groups in total. The van der Waals surface area contributed by atoms with Gasteiger partial charge < -0.3 is 9.75 Å². The number of hydrazine groups is 1. The highest BCUT2D eigenvalue weighted by atomic mass is 79.9. The van der Waals surface area contributed by atoms with E-state index in [1.807, 2.05) is 31.3 Å². The average molecular weight is 349 g/mol. The Morgan fingerprint density at radius 3 is 2.67 bits per heavy atom. The van der Waals surface area contributed by atoms with E-state index in [1.54, 1.807) is 5.01 Å². The molecule has 0 aromatic heterocycles. The largest absolute Gasteiger partial charge is 0.489 e. The third kappa shape index (κ3) is 3.77. The fourth-order valence-corrected chi connectivity index (χ4v) is 2.73. The van der Waals surface area contributed by atoms with E-state index in [0.29, 0.717) is 6.61 Å². The smallest absolute Gasteiger partial charge is 0.123 e. The molecule has 0 spiro atoms. The van der Waals surface area contributed by atoms with E-state index in [9.17, 15) is 0 Å². The van der Waals surface area contributed by atoms with Crippen molar-refractivity contribution in [2.45, 2.75) is 26.9 Å². The van der Waals surface area contributed by atoms with Crippen molar-refractivity contribution in [2.24, 2.45) is 5.84 Å². The zero-order valence-corrected chi connectivity index (χ0v) is 14.3. The van der Waals surface area contributed by atoms with Gasteiger partial charge in [-0.15, -0.1) is 0 Å². The van der Waals surface area contributed by atoms with Crippen molar-refractivity contribution in [1.29, 1.82) is 0 Å². The third-order valence-electron chi connectivity index (χ3n) is 3.54. The molecule has 2 aromatic carbocycles. The van der Waals surface area contributed by atoms with Gasteiger partial charge in [0.1, 0.15) is 12.4 Å². The zero-order chi connectivity index (χ0) is 15.4. The first-order chi connectivity index (χ1) is 10.0.